The number of ether oxygens (including phenoxy) is 2. The minimum absolute atomic E-state index is 0.170. The Morgan fingerprint density at radius 1 is 1.11 bits per heavy atom. The molecule has 98 valence electrons. The van der Waals surface area contributed by atoms with Gasteiger partial charge in [-0.05, 0) is 42.5 Å². The predicted octanol–water partition coefficient (Wildman–Crippen LogP) is 4.09. The molecule has 0 aliphatic rings. The zero-order valence-corrected chi connectivity index (χ0v) is 12.1. The van der Waals surface area contributed by atoms with Crippen LogP contribution in [0.4, 0.5) is 0 Å². The Morgan fingerprint density at radius 3 is 2.53 bits per heavy atom. The minimum Gasteiger partial charge on any atom is -0.482 e. The summed E-state index contributed by atoms with van der Waals surface area (Å²) in [7, 11) is 0. The zero-order valence-electron chi connectivity index (χ0n) is 9.81. The number of rotatable bonds is 4. The fraction of sp³-hybridized carbons (Fsp3) is 0.0714. The lowest BCUT2D eigenvalue weighted by molar-refractivity contribution is -0.136. The van der Waals surface area contributed by atoms with Gasteiger partial charge in [0.25, 0.3) is 0 Å². The smallest absolute Gasteiger partial charge is 0.349 e. The summed E-state index contributed by atoms with van der Waals surface area (Å²) >= 11 is 9.11. The molecule has 0 fully saturated rings. The first-order valence-electron chi connectivity index (χ1n) is 5.48. The molecule has 5 heteroatoms. The quantitative estimate of drug-likeness (QED) is 0.621. The maximum Gasteiger partial charge on any atom is 0.349 e. The monoisotopic (exact) mass is 340 g/mol. The van der Waals surface area contributed by atoms with Gasteiger partial charge < -0.3 is 9.47 Å². The van der Waals surface area contributed by atoms with E-state index in [1.165, 1.54) is 0 Å². The van der Waals surface area contributed by atoms with Crippen LogP contribution in [0.1, 0.15) is 0 Å². The lowest BCUT2D eigenvalue weighted by Crippen LogP contribution is -2.17. The van der Waals surface area contributed by atoms with E-state index in [0.717, 1.165) is 4.47 Å². The van der Waals surface area contributed by atoms with Crippen molar-refractivity contribution in [2.45, 2.75) is 0 Å². The third-order valence-electron chi connectivity index (χ3n) is 2.20. The zero-order chi connectivity index (χ0) is 13.7. The van der Waals surface area contributed by atoms with Gasteiger partial charge in [0, 0.05) is 9.50 Å². The average Bonchev–Trinajstić information content (AvgIpc) is 2.39. The third-order valence-corrected chi connectivity index (χ3v) is 2.96. The molecule has 0 aliphatic carbocycles. The molecule has 0 bridgehead atoms. The minimum atomic E-state index is -0.470. The van der Waals surface area contributed by atoms with Crippen molar-refractivity contribution in [1.29, 1.82) is 0 Å². The summed E-state index contributed by atoms with van der Waals surface area (Å²) < 4.78 is 11.3. The molecule has 19 heavy (non-hydrogen) atoms. The van der Waals surface area contributed by atoms with Gasteiger partial charge in [0.2, 0.25) is 0 Å². The largest absolute Gasteiger partial charge is 0.482 e. The lowest BCUT2D eigenvalue weighted by Gasteiger charge is -2.07. The van der Waals surface area contributed by atoms with Crippen molar-refractivity contribution >= 4 is 33.5 Å². The maximum absolute atomic E-state index is 11.6. The first-order valence-corrected chi connectivity index (χ1v) is 6.65. The molecule has 0 unspecified atom stereocenters. The van der Waals surface area contributed by atoms with E-state index in [1.54, 1.807) is 48.5 Å². The summed E-state index contributed by atoms with van der Waals surface area (Å²) in [5, 5.41) is 0.554. The van der Waals surface area contributed by atoms with Crippen molar-refractivity contribution in [2.75, 3.05) is 6.61 Å². The van der Waals surface area contributed by atoms with Gasteiger partial charge in [0.1, 0.15) is 11.5 Å². The summed E-state index contributed by atoms with van der Waals surface area (Å²) in [5.41, 5.74) is 0. The van der Waals surface area contributed by atoms with Crippen LogP contribution in [0.5, 0.6) is 11.5 Å². The number of carbonyl (C=O) groups is 1. The highest BCUT2D eigenvalue weighted by Gasteiger charge is 2.06. The normalized spacial score (nSPS) is 10.0. The Hall–Kier alpha value is -1.52. The van der Waals surface area contributed by atoms with Gasteiger partial charge in [0.05, 0.1) is 0 Å². The molecule has 0 saturated heterocycles. The summed E-state index contributed by atoms with van der Waals surface area (Å²) in [5.74, 6) is 0.533. The number of halogens is 2. The van der Waals surface area contributed by atoms with Crippen molar-refractivity contribution in [3.05, 3.63) is 58.0 Å². The van der Waals surface area contributed by atoms with Crippen molar-refractivity contribution in [2.24, 2.45) is 0 Å². The first kappa shape index (κ1) is 13.9. The summed E-state index contributed by atoms with van der Waals surface area (Å²) in [6.45, 7) is -0.170. The molecule has 0 atom stereocenters. The van der Waals surface area contributed by atoms with Gasteiger partial charge in [-0.3, -0.25) is 0 Å². The van der Waals surface area contributed by atoms with Crippen molar-refractivity contribution in [3.63, 3.8) is 0 Å². The second-order valence-electron chi connectivity index (χ2n) is 3.67. The topological polar surface area (TPSA) is 35.5 Å². The number of hydrogen-bond donors (Lipinski definition) is 0. The highest BCUT2D eigenvalue weighted by atomic mass is 79.9. The van der Waals surface area contributed by atoms with E-state index in [1.807, 2.05) is 0 Å². The molecule has 2 aromatic carbocycles. The molecular weight excluding hydrogens is 332 g/mol. The van der Waals surface area contributed by atoms with Crippen LogP contribution < -0.4 is 9.47 Å². The summed E-state index contributed by atoms with van der Waals surface area (Å²) in [6.07, 6.45) is 0. The number of benzene rings is 2. The Kier molecular flexibility index (Phi) is 4.82. The Labute approximate surface area is 124 Å². The average molecular weight is 342 g/mol. The number of hydrogen-bond acceptors (Lipinski definition) is 3. The van der Waals surface area contributed by atoms with E-state index in [4.69, 9.17) is 21.1 Å². The molecule has 2 rings (SSSR count). The molecule has 0 saturated carbocycles. The van der Waals surface area contributed by atoms with Crippen LogP contribution in [0.15, 0.2) is 53.0 Å². The van der Waals surface area contributed by atoms with E-state index in [9.17, 15) is 4.79 Å². The number of carbonyl (C=O) groups excluding carboxylic acids is 1. The SMILES string of the molecule is O=C(COc1cccc(Cl)c1)Oc1ccc(Br)cc1. The maximum atomic E-state index is 11.6. The van der Waals surface area contributed by atoms with Gasteiger partial charge in [-0.2, -0.15) is 0 Å². The van der Waals surface area contributed by atoms with Crippen molar-refractivity contribution in [3.8, 4) is 11.5 Å². The van der Waals surface area contributed by atoms with Crippen LogP contribution in [0.2, 0.25) is 5.02 Å². The van der Waals surface area contributed by atoms with E-state index in [2.05, 4.69) is 15.9 Å². The highest BCUT2D eigenvalue weighted by molar-refractivity contribution is 9.10. The van der Waals surface area contributed by atoms with Gasteiger partial charge >= 0.3 is 5.97 Å². The molecule has 0 aromatic heterocycles. The Bertz CT molecular complexity index is 569. The fourth-order valence-electron chi connectivity index (χ4n) is 1.36. The van der Waals surface area contributed by atoms with Crippen molar-refractivity contribution < 1.29 is 14.3 Å². The van der Waals surface area contributed by atoms with Gasteiger partial charge in [-0.1, -0.05) is 33.6 Å². The molecule has 0 radical (unpaired) electrons. The van der Waals surface area contributed by atoms with Crippen LogP contribution in [0, 0.1) is 0 Å². The van der Waals surface area contributed by atoms with Gasteiger partial charge in [0.15, 0.2) is 6.61 Å². The van der Waals surface area contributed by atoms with Crippen LogP contribution in [0.3, 0.4) is 0 Å². The van der Waals surface area contributed by atoms with E-state index >= 15 is 0 Å². The van der Waals surface area contributed by atoms with E-state index in [-0.39, 0.29) is 6.61 Å². The molecule has 2 aromatic rings. The van der Waals surface area contributed by atoms with E-state index < -0.39 is 5.97 Å². The fourth-order valence-corrected chi connectivity index (χ4v) is 1.81. The summed E-state index contributed by atoms with van der Waals surface area (Å²) in [6, 6.07) is 13.8. The Morgan fingerprint density at radius 2 is 1.84 bits per heavy atom. The molecule has 0 N–H and O–H groups in total. The second-order valence-corrected chi connectivity index (χ2v) is 5.03. The van der Waals surface area contributed by atoms with Crippen LogP contribution in [0.25, 0.3) is 0 Å². The molecule has 0 spiro atoms. The molecular formula is C14H10BrClO3. The van der Waals surface area contributed by atoms with Gasteiger partial charge in [-0.15, -0.1) is 0 Å². The molecule has 0 heterocycles. The van der Waals surface area contributed by atoms with Crippen LogP contribution in [-0.2, 0) is 4.79 Å². The predicted molar refractivity (Wildman–Crippen MR) is 76.7 cm³/mol. The van der Waals surface area contributed by atoms with Gasteiger partial charge in [-0.25, -0.2) is 4.79 Å². The molecule has 0 aliphatic heterocycles. The van der Waals surface area contributed by atoms with Crippen molar-refractivity contribution in [1.82, 2.24) is 0 Å². The standard InChI is InChI=1S/C14H10BrClO3/c15-10-4-6-12(7-5-10)19-14(17)9-18-13-3-1-2-11(16)8-13/h1-8H,9H2. The molecule has 3 nitrogen and oxygen atoms in total. The lowest BCUT2D eigenvalue weighted by atomic mass is 10.3. The second kappa shape index (κ2) is 6.59. The third kappa shape index (κ3) is 4.58. The Balaban J connectivity index is 1.86. The molecule has 0 amide bonds. The van der Waals surface area contributed by atoms with Crippen LogP contribution in [-0.4, -0.2) is 12.6 Å². The summed E-state index contributed by atoms with van der Waals surface area (Å²) in [4.78, 5) is 11.6. The highest BCUT2D eigenvalue weighted by Crippen LogP contribution is 2.18. The first-order chi connectivity index (χ1) is 9.13. The van der Waals surface area contributed by atoms with Crippen LogP contribution >= 0.6 is 27.5 Å². The van der Waals surface area contributed by atoms with E-state index in [0.29, 0.717) is 16.5 Å². The number of esters is 1.